The average Bonchev–Trinajstić information content (AvgIpc) is 2.79. The van der Waals surface area contributed by atoms with Gasteiger partial charge in [-0.2, -0.15) is 18.3 Å². The van der Waals surface area contributed by atoms with Crippen molar-refractivity contribution in [1.82, 2.24) is 5.09 Å². The lowest BCUT2D eigenvalue weighted by atomic mass is 9.87. The molecule has 0 radical (unpaired) electrons. The number of nitro benzene ring substituents is 1. The number of non-ortho nitro benzene ring substituents is 1. The fraction of sp³-hybridized carbons (Fsp3) is 0.409. The summed E-state index contributed by atoms with van der Waals surface area (Å²) < 4.78 is 68.4. The first kappa shape index (κ1) is 26.5. The molecule has 1 saturated carbocycles. The van der Waals surface area contributed by atoms with Crippen molar-refractivity contribution in [3.05, 3.63) is 64.7 Å². The van der Waals surface area contributed by atoms with Crippen LogP contribution >= 0.6 is 7.75 Å². The van der Waals surface area contributed by atoms with E-state index in [1.807, 2.05) is 0 Å². The molecular weight excluding hydrogens is 492 g/mol. The Morgan fingerprint density at radius 3 is 2.09 bits per heavy atom. The summed E-state index contributed by atoms with van der Waals surface area (Å²) in [5.41, 5.74) is -0.207. The molecule has 0 aromatic heterocycles. The summed E-state index contributed by atoms with van der Waals surface area (Å²) in [6.07, 6.45) is -5.10. The van der Waals surface area contributed by atoms with Gasteiger partial charge < -0.3 is 13.8 Å². The maximum Gasteiger partial charge on any atom is 0.513 e. The minimum Gasteiger partial charge on any atom is -0.461 e. The van der Waals surface area contributed by atoms with E-state index in [2.05, 4.69) is 5.09 Å². The van der Waals surface area contributed by atoms with Crippen LogP contribution in [0.1, 0.15) is 32.6 Å². The Hall–Kier alpha value is -3.11. The van der Waals surface area contributed by atoms with Crippen LogP contribution in [0.15, 0.2) is 54.6 Å². The first-order chi connectivity index (χ1) is 16.4. The Bertz CT molecular complexity index is 1060. The van der Waals surface area contributed by atoms with E-state index in [-0.39, 0.29) is 42.9 Å². The third-order valence-electron chi connectivity index (χ3n) is 5.37. The zero-order valence-corrected chi connectivity index (χ0v) is 19.5. The molecule has 9 nitrogen and oxygen atoms in total. The quantitative estimate of drug-likeness (QED) is 0.192. The lowest BCUT2D eigenvalue weighted by Gasteiger charge is -2.30. The summed E-state index contributed by atoms with van der Waals surface area (Å²) in [5, 5.41) is 13.3. The second-order valence-electron chi connectivity index (χ2n) is 8.05. The molecule has 3 rings (SSSR count). The summed E-state index contributed by atoms with van der Waals surface area (Å²) in [5.74, 6) is -2.10. The lowest BCUT2D eigenvalue weighted by molar-refractivity contribution is -0.384. The number of carbonyl (C=O) groups is 1. The van der Waals surface area contributed by atoms with E-state index in [0.717, 1.165) is 12.1 Å². The van der Waals surface area contributed by atoms with Gasteiger partial charge >= 0.3 is 19.9 Å². The number of esters is 1. The van der Waals surface area contributed by atoms with E-state index < -0.39 is 42.9 Å². The maximum absolute atomic E-state index is 13.5. The van der Waals surface area contributed by atoms with E-state index in [1.165, 1.54) is 31.2 Å². The first-order valence-corrected chi connectivity index (χ1v) is 12.3. The monoisotopic (exact) mass is 516 g/mol. The van der Waals surface area contributed by atoms with Crippen LogP contribution < -0.4 is 14.1 Å². The van der Waals surface area contributed by atoms with Gasteiger partial charge in [0.05, 0.1) is 10.8 Å². The fourth-order valence-electron chi connectivity index (χ4n) is 3.52. The molecule has 13 heteroatoms. The van der Waals surface area contributed by atoms with Crippen molar-refractivity contribution in [3.8, 4) is 11.5 Å². The van der Waals surface area contributed by atoms with Crippen LogP contribution in [0.25, 0.3) is 0 Å². The number of para-hydroxylation sites is 1. The smallest absolute Gasteiger partial charge is 0.461 e. The standard InChI is InChI=1S/C22H24F3N2O7P/c1-15(21(28)32-18-11-7-16(8-12-18)22(23,24)25)26-35(31,33-19-5-3-2-4-6-19)34-20-13-9-17(10-14-20)27(29)30/h2-6,9-10,13-16,18H,7-8,11-12H2,1H3,(H,26,31)/t15-,16-,18-,35?/m1/s1. The van der Waals surface area contributed by atoms with Gasteiger partial charge in [0, 0.05) is 12.1 Å². The van der Waals surface area contributed by atoms with Gasteiger partial charge in [-0.3, -0.25) is 14.9 Å². The van der Waals surface area contributed by atoms with E-state index in [4.69, 9.17) is 13.8 Å². The normalized spacial score (nSPS) is 20.8. The van der Waals surface area contributed by atoms with Crippen molar-refractivity contribution in [3.63, 3.8) is 0 Å². The topological polar surface area (TPSA) is 117 Å². The molecule has 1 N–H and O–H groups in total. The predicted octanol–water partition coefficient (Wildman–Crippen LogP) is 5.80. The van der Waals surface area contributed by atoms with Crippen LogP contribution in [-0.4, -0.2) is 29.2 Å². The van der Waals surface area contributed by atoms with Gasteiger partial charge in [-0.1, -0.05) is 18.2 Å². The number of alkyl halides is 3. The summed E-state index contributed by atoms with van der Waals surface area (Å²) >= 11 is 0. The third-order valence-corrected chi connectivity index (χ3v) is 6.97. The molecule has 1 fully saturated rings. The largest absolute Gasteiger partial charge is 0.513 e. The molecule has 0 spiro atoms. The highest BCUT2D eigenvalue weighted by Gasteiger charge is 2.42. The molecule has 2 aromatic rings. The van der Waals surface area contributed by atoms with Crippen molar-refractivity contribution in [2.24, 2.45) is 5.92 Å². The SMILES string of the molecule is C[C@@H](NP(=O)(Oc1ccccc1)Oc1ccc([N+](=O)[O-])cc1)C(=O)O[C@H]1CC[C@H](C(F)(F)F)CC1. The average molecular weight is 516 g/mol. The Kier molecular flexibility index (Phi) is 8.39. The summed E-state index contributed by atoms with van der Waals surface area (Å²) in [6, 6.07) is 11.5. The minimum atomic E-state index is -4.28. The molecule has 1 aliphatic rings. The highest BCUT2D eigenvalue weighted by Crippen LogP contribution is 2.45. The summed E-state index contributed by atoms with van der Waals surface area (Å²) in [7, 11) is -4.27. The Morgan fingerprint density at radius 1 is 1.03 bits per heavy atom. The number of hydrogen-bond acceptors (Lipinski definition) is 7. The van der Waals surface area contributed by atoms with Crippen LogP contribution in [-0.2, 0) is 14.1 Å². The Labute approximate surface area is 199 Å². The van der Waals surface area contributed by atoms with Gasteiger partial charge in [-0.15, -0.1) is 0 Å². The molecule has 1 aliphatic carbocycles. The van der Waals surface area contributed by atoms with Crippen molar-refractivity contribution in [1.29, 1.82) is 0 Å². The summed E-state index contributed by atoms with van der Waals surface area (Å²) in [4.78, 5) is 22.8. The Balaban J connectivity index is 1.67. The predicted molar refractivity (Wildman–Crippen MR) is 119 cm³/mol. The van der Waals surface area contributed by atoms with E-state index in [9.17, 15) is 32.6 Å². The lowest BCUT2D eigenvalue weighted by Crippen LogP contribution is -2.39. The number of nitro groups is 1. The zero-order chi connectivity index (χ0) is 25.6. The van der Waals surface area contributed by atoms with Crippen molar-refractivity contribution in [2.75, 3.05) is 0 Å². The zero-order valence-electron chi connectivity index (χ0n) is 18.6. The maximum atomic E-state index is 13.5. The third kappa shape index (κ3) is 7.69. The number of nitrogens with one attached hydrogen (secondary N) is 1. The number of rotatable bonds is 9. The molecule has 1 unspecified atom stereocenters. The first-order valence-electron chi connectivity index (χ1n) is 10.8. The highest BCUT2D eigenvalue weighted by atomic mass is 31.2. The van der Waals surface area contributed by atoms with E-state index >= 15 is 0 Å². The minimum absolute atomic E-state index is 0.0200. The number of nitrogens with zero attached hydrogens (tertiary/aromatic N) is 1. The molecule has 2 atom stereocenters. The molecule has 190 valence electrons. The summed E-state index contributed by atoms with van der Waals surface area (Å²) in [6.45, 7) is 1.35. The van der Waals surface area contributed by atoms with E-state index in [1.54, 1.807) is 18.2 Å². The molecule has 0 aliphatic heterocycles. The number of hydrogen-bond donors (Lipinski definition) is 1. The second kappa shape index (κ2) is 11.1. The van der Waals surface area contributed by atoms with Crippen LogP contribution in [0.5, 0.6) is 11.5 Å². The molecule has 35 heavy (non-hydrogen) atoms. The van der Waals surface area contributed by atoms with Gasteiger partial charge in [-0.05, 0) is 56.9 Å². The molecule has 0 saturated heterocycles. The number of halogens is 3. The van der Waals surface area contributed by atoms with E-state index in [0.29, 0.717) is 0 Å². The number of benzene rings is 2. The van der Waals surface area contributed by atoms with Gasteiger partial charge in [0.25, 0.3) is 5.69 Å². The van der Waals surface area contributed by atoms with Gasteiger partial charge in [0.15, 0.2) is 0 Å². The highest BCUT2D eigenvalue weighted by molar-refractivity contribution is 7.52. The van der Waals surface area contributed by atoms with Crippen LogP contribution in [0, 0.1) is 16.0 Å². The van der Waals surface area contributed by atoms with Crippen LogP contribution in [0.3, 0.4) is 0 Å². The Morgan fingerprint density at radius 2 is 1.57 bits per heavy atom. The molecule has 2 aromatic carbocycles. The molecule has 0 amide bonds. The fourth-order valence-corrected chi connectivity index (χ4v) is 5.04. The number of ether oxygens (including phenoxy) is 1. The molecular formula is C22H24F3N2O7P. The second-order valence-corrected chi connectivity index (χ2v) is 9.67. The van der Waals surface area contributed by atoms with Crippen molar-refractivity contribution >= 4 is 19.4 Å². The van der Waals surface area contributed by atoms with Gasteiger partial charge in [-0.25, -0.2) is 4.57 Å². The van der Waals surface area contributed by atoms with Crippen LogP contribution in [0.4, 0.5) is 18.9 Å². The van der Waals surface area contributed by atoms with Crippen LogP contribution in [0.2, 0.25) is 0 Å². The van der Waals surface area contributed by atoms with Gasteiger partial charge in [0.2, 0.25) is 0 Å². The number of carbonyl (C=O) groups excluding carboxylic acids is 1. The van der Waals surface area contributed by atoms with Gasteiger partial charge in [0.1, 0.15) is 23.6 Å². The van der Waals surface area contributed by atoms with Crippen molar-refractivity contribution < 1.29 is 41.2 Å². The molecule has 0 heterocycles. The molecule has 0 bridgehead atoms. The van der Waals surface area contributed by atoms with Crippen molar-refractivity contribution in [2.45, 2.75) is 50.9 Å².